The molecule has 2 rings (SSSR count). The number of aromatic nitrogens is 2. The number of carbonyl (C=O) groups excluding carboxylic acids is 1. The quantitative estimate of drug-likeness (QED) is 0.831. The zero-order valence-corrected chi connectivity index (χ0v) is 11.3. The Morgan fingerprint density at radius 2 is 2.26 bits per heavy atom. The summed E-state index contributed by atoms with van der Waals surface area (Å²) >= 11 is 0. The van der Waals surface area contributed by atoms with E-state index in [1.165, 1.54) is 19.6 Å². The first kappa shape index (κ1) is 13.7. The van der Waals surface area contributed by atoms with Crippen molar-refractivity contribution in [3.05, 3.63) is 18.1 Å². The first-order valence-electron chi connectivity index (χ1n) is 6.45. The minimum atomic E-state index is -0.428. The fourth-order valence-electron chi connectivity index (χ4n) is 2.25. The van der Waals surface area contributed by atoms with Crippen molar-refractivity contribution in [2.45, 2.75) is 25.8 Å². The number of anilines is 1. The topological polar surface area (TPSA) is 73.3 Å². The van der Waals surface area contributed by atoms with E-state index in [-0.39, 0.29) is 6.04 Å². The maximum atomic E-state index is 11.6. The summed E-state index contributed by atoms with van der Waals surface area (Å²) in [5.74, 6) is 0.623. The van der Waals surface area contributed by atoms with Gasteiger partial charge in [0.15, 0.2) is 0 Å². The highest BCUT2D eigenvalue weighted by atomic mass is 16.5. The van der Waals surface area contributed by atoms with Crippen LogP contribution in [0.15, 0.2) is 12.5 Å². The fourth-order valence-corrected chi connectivity index (χ4v) is 2.25. The van der Waals surface area contributed by atoms with Gasteiger partial charge in [0.25, 0.3) is 0 Å². The third-order valence-corrected chi connectivity index (χ3v) is 3.46. The minimum absolute atomic E-state index is 0.224. The van der Waals surface area contributed by atoms with E-state index in [4.69, 9.17) is 9.47 Å². The lowest BCUT2D eigenvalue weighted by molar-refractivity contribution is 0.0596. The van der Waals surface area contributed by atoms with E-state index in [1.807, 2.05) is 0 Å². The van der Waals surface area contributed by atoms with Crippen molar-refractivity contribution in [3.8, 4) is 0 Å². The molecule has 0 aliphatic carbocycles. The molecule has 1 fully saturated rings. The summed E-state index contributed by atoms with van der Waals surface area (Å²) < 4.78 is 10.1. The second kappa shape index (κ2) is 6.47. The SMILES string of the molecule is COC(=O)c1cncnc1NC(C)C1CCOCC1. The number of nitrogens with zero attached hydrogens (tertiary/aromatic N) is 2. The molecule has 104 valence electrons. The van der Waals surface area contributed by atoms with Crippen LogP contribution in [0.4, 0.5) is 5.82 Å². The van der Waals surface area contributed by atoms with Gasteiger partial charge in [-0.1, -0.05) is 0 Å². The summed E-state index contributed by atoms with van der Waals surface area (Å²) in [7, 11) is 1.35. The summed E-state index contributed by atoms with van der Waals surface area (Å²) in [4.78, 5) is 19.6. The zero-order chi connectivity index (χ0) is 13.7. The Hall–Kier alpha value is -1.69. The molecule has 1 aromatic heterocycles. The van der Waals surface area contributed by atoms with Gasteiger partial charge >= 0.3 is 5.97 Å². The van der Waals surface area contributed by atoms with E-state index < -0.39 is 5.97 Å². The first-order valence-corrected chi connectivity index (χ1v) is 6.45. The van der Waals surface area contributed by atoms with Crippen molar-refractivity contribution in [1.29, 1.82) is 0 Å². The summed E-state index contributed by atoms with van der Waals surface area (Å²) in [5.41, 5.74) is 0.365. The molecule has 2 heterocycles. The molecule has 1 unspecified atom stereocenters. The van der Waals surface area contributed by atoms with Crippen LogP contribution >= 0.6 is 0 Å². The number of rotatable bonds is 4. The van der Waals surface area contributed by atoms with Gasteiger partial charge in [-0.2, -0.15) is 0 Å². The minimum Gasteiger partial charge on any atom is -0.465 e. The second-order valence-corrected chi connectivity index (χ2v) is 4.66. The van der Waals surface area contributed by atoms with Gasteiger partial charge in [-0.05, 0) is 25.7 Å². The highest BCUT2D eigenvalue weighted by Crippen LogP contribution is 2.22. The van der Waals surface area contributed by atoms with Gasteiger partial charge in [0, 0.05) is 25.5 Å². The van der Waals surface area contributed by atoms with Gasteiger partial charge < -0.3 is 14.8 Å². The maximum Gasteiger partial charge on any atom is 0.343 e. The van der Waals surface area contributed by atoms with Crippen molar-refractivity contribution >= 4 is 11.8 Å². The Labute approximate surface area is 112 Å². The molecule has 19 heavy (non-hydrogen) atoms. The van der Waals surface area contributed by atoms with Crippen LogP contribution in [0.1, 0.15) is 30.1 Å². The number of carbonyl (C=O) groups is 1. The number of nitrogens with one attached hydrogen (secondary N) is 1. The molecule has 1 aromatic rings. The van der Waals surface area contributed by atoms with Crippen LogP contribution in [0.5, 0.6) is 0 Å². The molecule has 0 bridgehead atoms. The molecule has 6 heteroatoms. The smallest absolute Gasteiger partial charge is 0.343 e. The first-order chi connectivity index (χ1) is 9.22. The van der Waals surface area contributed by atoms with Crippen molar-refractivity contribution in [1.82, 2.24) is 9.97 Å². The Morgan fingerprint density at radius 1 is 1.53 bits per heavy atom. The molecule has 0 saturated carbocycles. The number of ether oxygens (including phenoxy) is 2. The molecule has 1 N–H and O–H groups in total. The zero-order valence-electron chi connectivity index (χ0n) is 11.3. The van der Waals surface area contributed by atoms with Gasteiger partial charge in [-0.3, -0.25) is 0 Å². The predicted molar refractivity (Wildman–Crippen MR) is 70.0 cm³/mol. The van der Waals surface area contributed by atoms with E-state index in [2.05, 4.69) is 22.2 Å². The van der Waals surface area contributed by atoms with Crippen LogP contribution in [0, 0.1) is 5.92 Å². The molecular weight excluding hydrogens is 246 g/mol. The third-order valence-electron chi connectivity index (χ3n) is 3.46. The molecule has 1 atom stereocenters. The van der Waals surface area contributed by atoms with E-state index in [0.29, 0.717) is 17.3 Å². The normalized spacial score (nSPS) is 17.8. The van der Waals surface area contributed by atoms with E-state index in [1.54, 1.807) is 0 Å². The monoisotopic (exact) mass is 265 g/mol. The number of hydrogen-bond acceptors (Lipinski definition) is 6. The highest BCUT2D eigenvalue weighted by Gasteiger charge is 2.22. The summed E-state index contributed by atoms with van der Waals surface area (Å²) in [6.45, 7) is 3.69. The largest absolute Gasteiger partial charge is 0.465 e. The predicted octanol–water partition coefficient (Wildman–Crippen LogP) is 1.49. The van der Waals surface area contributed by atoms with Crippen LogP contribution in [0.2, 0.25) is 0 Å². The third kappa shape index (κ3) is 3.41. The van der Waals surface area contributed by atoms with Gasteiger partial charge in [0.1, 0.15) is 17.7 Å². The van der Waals surface area contributed by atoms with Crippen LogP contribution in [0.25, 0.3) is 0 Å². The van der Waals surface area contributed by atoms with Crippen LogP contribution in [-0.2, 0) is 9.47 Å². The summed E-state index contributed by atoms with van der Waals surface area (Å²) in [5, 5.41) is 3.29. The van der Waals surface area contributed by atoms with Gasteiger partial charge in [-0.25, -0.2) is 14.8 Å². The lowest BCUT2D eigenvalue weighted by Gasteiger charge is -2.29. The summed E-state index contributed by atoms with van der Waals surface area (Å²) in [6, 6.07) is 0.224. The molecule has 1 saturated heterocycles. The number of esters is 1. The van der Waals surface area contributed by atoms with Crippen molar-refractivity contribution in [3.63, 3.8) is 0 Å². The molecule has 1 aliphatic rings. The molecule has 0 amide bonds. The highest BCUT2D eigenvalue weighted by molar-refractivity contribution is 5.94. The lowest BCUT2D eigenvalue weighted by atomic mass is 9.93. The molecule has 1 aliphatic heterocycles. The molecule has 0 aromatic carbocycles. The van der Waals surface area contributed by atoms with E-state index in [0.717, 1.165) is 26.1 Å². The van der Waals surface area contributed by atoms with Crippen molar-refractivity contribution < 1.29 is 14.3 Å². The molecular formula is C13H19N3O3. The number of methoxy groups -OCH3 is 1. The number of hydrogen-bond donors (Lipinski definition) is 1. The molecule has 0 radical (unpaired) electrons. The van der Waals surface area contributed by atoms with Crippen LogP contribution in [0.3, 0.4) is 0 Å². The van der Waals surface area contributed by atoms with Gasteiger partial charge in [-0.15, -0.1) is 0 Å². The lowest BCUT2D eigenvalue weighted by Crippen LogP contribution is -2.32. The van der Waals surface area contributed by atoms with Gasteiger partial charge in [0.05, 0.1) is 7.11 Å². The standard InChI is InChI=1S/C13H19N3O3/c1-9(10-3-5-19-6-4-10)16-12-11(13(17)18-2)7-14-8-15-12/h7-10H,3-6H2,1-2H3,(H,14,15,16). The average Bonchev–Trinajstić information content (AvgIpc) is 2.48. The Balaban J connectivity index is 2.07. The van der Waals surface area contributed by atoms with Crippen LogP contribution in [-0.4, -0.2) is 42.3 Å². The second-order valence-electron chi connectivity index (χ2n) is 4.66. The van der Waals surface area contributed by atoms with Crippen molar-refractivity contribution in [2.24, 2.45) is 5.92 Å². The Bertz CT molecular complexity index is 433. The van der Waals surface area contributed by atoms with E-state index >= 15 is 0 Å². The maximum absolute atomic E-state index is 11.6. The van der Waals surface area contributed by atoms with Crippen LogP contribution < -0.4 is 5.32 Å². The van der Waals surface area contributed by atoms with E-state index in [9.17, 15) is 4.79 Å². The molecule has 0 spiro atoms. The average molecular weight is 265 g/mol. The Morgan fingerprint density at radius 3 is 2.95 bits per heavy atom. The fraction of sp³-hybridized carbons (Fsp3) is 0.615. The van der Waals surface area contributed by atoms with Gasteiger partial charge in [0.2, 0.25) is 0 Å². The molecule has 6 nitrogen and oxygen atoms in total. The summed E-state index contributed by atoms with van der Waals surface area (Å²) in [6.07, 6.45) is 4.93. The van der Waals surface area contributed by atoms with Crippen molar-refractivity contribution in [2.75, 3.05) is 25.6 Å². The Kier molecular flexibility index (Phi) is 4.68.